The first-order chi connectivity index (χ1) is 13.8. The van der Waals surface area contributed by atoms with Gasteiger partial charge in [-0.25, -0.2) is 4.98 Å². The van der Waals surface area contributed by atoms with Gasteiger partial charge in [0.2, 0.25) is 0 Å². The molecule has 152 valence electrons. The summed E-state index contributed by atoms with van der Waals surface area (Å²) < 4.78 is 12.2. The Bertz CT molecular complexity index is 1070. The first kappa shape index (κ1) is 20.9. The maximum atomic E-state index is 13.1. The number of rotatable bonds is 6. The molecular weight excluding hydrogens is 388 g/mol. The molecule has 0 aliphatic heterocycles. The van der Waals surface area contributed by atoms with Gasteiger partial charge in [0.1, 0.15) is 11.4 Å². The fourth-order valence-corrected chi connectivity index (χ4v) is 3.58. The first-order valence-corrected chi connectivity index (χ1v) is 10.2. The van der Waals surface area contributed by atoms with Crippen molar-refractivity contribution in [1.82, 2.24) is 9.55 Å². The van der Waals surface area contributed by atoms with Crippen LogP contribution in [0.5, 0.6) is 5.75 Å². The highest BCUT2D eigenvalue weighted by atomic mass is 32.2. The number of methoxy groups -OCH3 is 1. The molecule has 29 heavy (non-hydrogen) atoms. The molecule has 0 N–H and O–H groups in total. The van der Waals surface area contributed by atoms with E-state index in [1.54, 1.807) is 23.8 Å². The van der Waals surface area contributed by atoms with Crippen LogP contribution in [-0.2, 0) is 16.1 Å². The van der Waals surface area contributed by atoms with Crippen molar-refractivity contribution in [3.8, 4) is 5.75 Å². The van der Waals surface area contributed by atoms with Crippen LogP contribution in [0.4, 0.5) is 0 Å². The molecule has 0 atom stereocenters. The second-order valence-corrected chi connectivity index (χ2v) is 8.47. The van der Waals surface area contributed by atoms with E-state index in [4.69, 9.17) is 9.47 Å². The fraction of sp³-hybridized carbons (Fsp3) is 0.318. The van der Waals surface area contributed by atoms with E-state index in [0.29, 0.717) is 22.6 Å². The Morgan fingerprint density at radius 3 is 2.45 bits per heavy atom. The van der Waals surface area contributed by atoms with E-state index in [1.165, 1.54) is 11.8 Å². The molecule has 6 nitrogen and oxygen atoms in total. The summed E-state index contributed by atoms with van der Waals surface area (Å²) in [6, 6.07) is 14.7. The van der Waals surface area contributed by atoms with E-state index in [9.17, 15) is 9.59 Å². The van der Waals surface area contributed by atoms with Crippen LogP contribution >= 0.6 is 11.8 Å². The SMILES string of the molecule is COc1ccc(Cn2c(SCC(=O)OC(C)(C)C)nc3ccccc3c2=O)cc1. The monoisotopic (exact) mass is 412 g/mol. The summed E-state index contributed by atoms with van der Waals surface area (Å²) in [5, 5.41) is 1.03. The Labute approximate surface area is 173 Å². The number of nitrogens with zero attached hydrogens (tertiary/aromatic N) is 2. The quantitative estimate of drug-likeness (QED) is 0.348. The number of para-hydroxylation sites is 1. The molecule has 0 saturated carbocycles. The molecule has 0 fully saturated rings. The van der Waals surface area contributed by atoms with Crippen LogP contribution in [-0.4, -0.2) is 34.0 Å². The number of benzene rings is 2. The normalized spacial score (nSPS) is 11.4. The second kappa shape index (κ2) is 8.69. The lowest BCUT2D eigenvalue weighted by atomic mass is 10.2. The third kappa shape index (κ3) is 5.38. The number of thioether (sulfide) groups is 1. The highest BCUT2D eigenvalue weighted by Crippen LogP contribution is 2.21. The van der Waals surface area contributed by atoms with Gasteiger partial charge in [0, 0.05) is 0 Å². The molecular formula is C22H24N2O4S. The van der Waals surface area contributed by atoms with Gasteiger partial charge in [-0.1, -0.05) is 36.0 Å². The average molecular weight is 413 g/mol. The molecule has 1 aromatic heterocycles. The minimum atomic E-state index is -0.558. The lowest BCUT2D eigenvalue weighted by molar-refractivity contribution is -0.151. The Kier molecular flexibility index (Phi) is 6.27. The van der Waals surface area contributed by atoms with Gasteiger partial charge in [0.25, 0.3) is 5.56 Å². The van der Waals surface area contributed by atoms with Crippen molar-refractivity contribution in [3.63, 3.8) is 0 Å². The van der Waals surface area contributed by atoms with E-state index < -0.39 is 5.60 Å². The summed E-state index contributed by atoms with van der Waals surface area (Å²) in [7, 11) is 1.61. The zero-order valence-electron chi connectivity index (χ0n) is 17.0. The zero-order valence-corrected chi connectivity index (χ0v) is 17.8. The number of aromatic nitrogens is 2. The van der Waals surface area contributed by atoms with Crippen LogP contribution in [0.15, 0.2) is 58.5 Å². The van der Waals surface area contributed by atoms with Crippen LogP contribution in [0.2, 0.25) is 0 Å². The minimum Gasteiger partial charge on any atom is -0.497 e. The van der Waals surface area contributed by atoms with Crippen LogP contribution in [0, 0.1) is 0 Å². The third-order valence-corrected chi connectivity index (χ3v) is 5.02. The molecule has 2 aromatic carbocycles. The Morgan fingerprint density at radius 1 is 1.10 bits per heavy atom. The van der Waals surface area contributed by atoms with Crippen LogP contribution < -0.4 is 10.3 Å². The summed E-state index contributed by atoms with van der Waals surface area (Å²) >= 11 is 1.20. The first-order valence-electron chi connectivity index (χ1n) is 9.24. The Balaban J connectivity index is 1.94. The van der Waals surface area contributed by atoms with Crippen LogP contribution in [0.25, 0.3) is 10.9 Å². The summed E-state index contributed by atoms with van der Waals surface area (Å²) in [5.74, 6) is 0.475. The molecule has 1 heterocycles. The molecule has 3 aromatic rings. The van der Waals surface area contributed by atoms with E-state index >= 15 is 0 Å². The van der Waals surface area contributed by atoms with Crippen molar-refractivity contribution in [1.29, 1.82) is 0 Å². The van der Waals surface area contributed by atoms with Gasteiger partial charge in [-0.05, 0) is 50.6 Å². The average Bonchev–Trinajstić information content (AvgIpc) is 2.68. The topological polar surface area (TPSA) is 70.4 Å². The molecule has 0 bridgehead atoms. The van der Waals surface area contributed by atoms with E-state index in [0.717, 1.165) is 11.3 Å². The molecule has 0 radical (unpaired) electrons. The van der Waals surface area contributed by atoms with Crippen molar-refractivity contribution in [3.05, 3.63) is 64.4 Å². The fourth-order valence-electron chi connectivity index (χ4n) is 2.81. The van der Waals surface area contributed by atoms with Crippen molar-refractivity contribution >= 4 is 28.6 Å². The van der Waals surface area contributed by atoms with Crippen LogP contribution in [0.3, 0.4) is 0 Å². The molecule has 0 amide bonds. The number of fused-ring (bicyclic) bond motifs is 1. The van der Waals surface area contributed by atoms with Gasteiger partial charge in [0.15, 0.2) is 5.16 Å². The van der Waals surface area contributed by atoms with Crippen molar-refractivity contribution in [2.45, 2.75) is 38.1 Å². The zero-order chi connectivity index (χ0) is 21.0. The number of ether oxygens (including phenoxy) is 2. The van der Waals surface area contributed by atoms with Crippen molar-refractivity contribution in [2.24, 2.45) is 0 Å². The maximum absolute atomic E-state index is 13.1. The van der Waals surface area contributed by atoms with E-state index in [1.807, 2.05) is 57.2 Å². The van der Waals surface area contributed by atoms with E-state index in [2.05, 4.69) is 4.98 Å². The number of esters is 1. The highest BCUT2D eigenvalue weighted by molar-refractivity contribution is 7.99. The van der Waals surface area contributed by atoms with Gasteiger partial charge >= 0.3 is 5.97 Å². The second-order valence-electron chi connectivity index (χ2n) is 7.53. The van der Waals surface area contributed by atoms with E-state index in [-0.39, 0.29) is 17.3 Å². The van der Waals surface area contributed by atoms with Crippen LogP contribution in [0.1, 0.15) is 26.3 Å². The lowest BCUT2D eigenvalue weighted by Gasteiger charge is -2.19. The van der Waals surface area contributed by atoms with Gasteiger partial charge in [-0.2, -0.15) is 0 Å². The predicted octanol–water partition coefficient (Wildman–Crippen LogP) is 3.89. The molecule has 0 spiro atoms. The van der Waals surface area contributed by atoms with Gasteiger partial charge in [0.05, 0.1) is 30.3 Å². The third-order valence-electron chi connectivity index (χ3n) is 4.07. The summed E-state index contributed by atoms with van der Waals surface area (Å²) in [5.41, 5.74) is 0.842. The summed E-state index contributed by atoms with van der Waals surface area (Å²) in [6.07, 6.45) is 0. The summed E-state index contributed by atoms with van der Waals surface area (Å²) in [6.45, 7) is 5.81. The molecule has 0 unspecified atom stereocenters. The van der Waals surface area contributed by atoms with Crippen molar-refractivity contribution < 1.29 is 14.3 Å². The Hall–Kier alpha value is -2.80. The minimum absolute atomic E-state index is 0.0741. The van der Waals surface area contributed by atoms with Gasteiger partial charge in [-0.15, -0.1) is 0 Å². The molecule has 0 aliphatic carbocycles. The van der Waals surface area contributed by atoms with Crippen molar-refractivity contribution in [2.75, 3.05) is 12.9 Å². The summed E-state index contributed by atoms with van der Waals surface area (Å²) in [4.78, 5) is 29.9. The van der Waals surface area contributed by atoms with Gasteiger partial charge < -0.3 is 9.47 Å². The number of hydrogen-bond donors (Lipinski definition) is 0. The smallest absolute Gasteiger partial charge is 0.316 e. The molecule has 7 heteroatoms. The number of hydrogen-bond acceptors (Lipinski definition) is 6. The standard InChI is InChI=1S/C22H24N2O4S/c1-22(2,3)28-19(25)14-29-21-23-18-8-6-5-7-17(18)20(26)24(21)13-15-9-11-16(27-4)12-10-15/h5-12H,13-14H2,1-4H3. The largest absolute Gasteiger partial charge is 0.497 e. The highest BCUT2D eigenvalue weighted by Gasteiger charge is 2.18. The Morgan fingerprint density at radius 2 is 1.79 bits per heavy atom. The molecule has 3 rings (SSSR count). The number of carbonyl (C=O) groups excluding carboxylic acids is 1. The van der Waals surface area contributed by atoms with Gasteiger partial charge in [-0.3, -0.25) is 14.2 Å². The maximum Gasteiger partial charge on any atom is 0.316 e. The number of carbonyl (C=O) groups is 1. The predicted molar refractivity (Wildman–Crippen MR) is 115 cm³/mol. The molecule has 0 aliphatic rings. The lowest BCUT2D eigenvalue weighted by Crippen LogP contribution is -2.26. The molecule has 0 saturated heterocycles.